The van der Waals surface area contributed by atoms with Gasteiger partial charge in [-0.05, 0) is 30.7 Å². The van der Waals surface area contributed by atoms with Crippen molar-refractivity contribution in [1.82, 2.24) is 4.98 Å². The van der Waals surface area contributed by atoms with Crippen LogP contribution in [0.4, 0.5) is 0 Å². The third kappa shape index (κ3) is 2.28. The number of ketones is 1. The summed E-state index contributed by atoms with van der Waals surface area (Å²) in [6, 6.07) is 8.42. The Kier molecular flexibility index (Phi) is 3.10. The number of rotatable bonds is 3. The van der Waals surface area contributed by atoms with Crippen LogP contribution in [0.1, 0.15) is 31.8 Å². The molecule has 1 aromatic carbocycles. The van der Waals surface area contributed by atoms with E-state index in [1.807, 2.05) is 6.92 Å². The van der Waals surface area contributed by atoms with Gasteiger partial charge in [0.1, 0.15) is 6.29 Å². The van der Waals surface area contributed by atoms with E-state index in [2.05, 4.69) is 4.98 Å². The average molecular weight is 225 g/mol. The molecule has 2 aromatic rings. The van der Waals surface area contributed by atoms with Gasteiger partial charge in [-0.25, -0.2) is 0 Å². The second-order valence-corrected chi connectivity index (χ2v) is 3.76. The van der Waals surface area contributed by atoms with E-state index in [0.717, 1.165) is 11.8 Å². The van der Waals surface area contributed by atoms with Crippen LogP contribution >= 0.6 is 0 Å². The van der Waals surface area contributed by atoms with Crippen LogP contribution < -0.4 is 0 Å². The van der Waals surface area contributed by atoms with E-state index in [-0.39, 0.29) is 5.78 Å². The van der Waals surface area contributed by atoms with Crippen molar-refractivity contribution in [2.45, 2.75) is 6.92 Å². The summed E-state index contributed by atoms with van der Waals surface area (Å²) < 4.78 is 0. The monoisotopic (exact) mass is 225 g/mol. The highest BCUT2D eigenvalue weighted by Crippen LogP contribution is 2.15. The summed E-state index contributed by atoms with van der Waals surface area (Å²) in [6.45, 7) is 1.85. The Labute approximate surface area is 99.1 Å². The molecule has 0 aliphatic heterocycles. The predicted octanol–water partition coefficient (Wildman–Crippen LogP) is 2.43. The van der Waals surface area contributed by atoms with Gasteiger partial charge in [0, 0.05) is 29.1 Å². The molecule has 0 radical (unpaired) electrons. The summed E-state index contributed by atoms with van der Waals surface area (Å²) in [7, 11) is 0. The number of pyridine rings is 1. The van der Waals surface area contributed by atoms with Gasteiger partial charge in [0.25, 0.3) is 0 Å². The molecule has 0 N–H and O–H groups in total. The van der Waals surface area contributed by atoms with Gasteiger partial charge in [-0.15, -0.1) is 0 Å². The zero-order valence-electron chi connectivity index (χ0n) is 9.38. The summed E-state index contributed by atoms with van der Waals surface area (Å²) in [5.74, 6) is -0.0893. The fourth-order valence-electron chi connectivity index (χ4n) is 1.62. The van der Waals surface area contributed by atoms with Crippen molar-refractivity contribution >= 4 is 12.1 Å². The molecule has 0 bridgehead atoms. The van der Waals surface area contributed by atoms with Crippen molar-refractivity contribution in [2.24, 2.45) is 0 Å². The molecular weight excluding hydrogens is 214 g/mol. The Bertz CT molecular complexity index is 562. The third-order valence-electron chi connectivity index (χ3n) is 2.58. The lowest BCUT2D eigenvalue weighted by Crippen LogP contribution is -2.04. The number of hydrogen-bond donors (Lipinski definition) is 0. The van der Waals surface area contributed by atoms with E-state index in [4.69, 9.17) is 0 Å². The number of nitrogens with zero attached hydrogens (tertiary/aromatic N) is 1. The molecule has 84 valence electrons. The van der Waals surface area contributed by atoms with Crippen LogP contribution in [0, 0.1) is 6.92 Å². The minimum atomic E-state index is -0.0893. The average Bonchev–Trinajstić information content (AvgIpc) is 2.39. The van der Waals surface area contributed by atoms with E-state index >= 15 is 0 Å². The molecule has 0 saturated heterocycles. The van der Waals surface area contributed by atoms with Gasteiger partial charge in [-0.3, -0.25) is 14.6 Å². The first kappa shape index (κ1) is 11.2. The van der Waals surface area contributed by atoms with Crippen LogP contribution in [0.25, 0.3) is 0 Å². The van der Waals surface area contributed by atoms with Crippen LogP contribution in [0.2, 0.25) is 0 Å². The zero-order valence-corrected chi connectivity index (χ0v) is 9.38. The Morgan fingerprint density at radius 3 is 2.53 bits per heavy atom. The van der Waals surface area contributed by atoms with Crippen LogP contribution in [-0.4, -0.2) is 17.1 Å². The van der Waals surface area contributed by atoms with Gasteiger partial charge in [-0.2, -0.15) is 0 Å². The molecule has 0 spiro atoms. The van der Waals surface area contributed by atoms with Crippen molar-refractivity contribution in [3.8, 4) is 0 Å². The van der Waals surface area contributed by atoms with Crippen LogP contribution in [-0.2, 0) is 0 Å². The minimum Gasteiger partial charge on any atom is -0.298 e. The molecule has 3 heteroatoms. The van der Waals surface area contributed by atoms with Gasteiger partial charge in [0.15, 0.2) is 5.78 Å². The Balaban J connectivity index is 2.47. The number of benzene rings is 1. The molecule has 0 aliphatic rings. The number of carbonyl (C=O) groups excluding carboxylic acids is 2. The number of hydrogen-bond acceptors (Lipinski definition) is 3. The normalized spacial score (nSPS) is 9.94. The summed E-state index contributed by atoms with van der Waals surface area (Å²) in [5.41, 5.74) is 2.50. The molecule has 17 heavy (non-hydrogen) atoms. The fourth-order valence-corrected chi connectivity index (χ4v) is 1.62. The number of aryl methyl sites for hydroxylation is 1. The van der Waals surface area contributed by atoms with Crippen molar-refractivity contribution < 1.29 is 9.59 Å². The van der Waals surface area contributed by atoms with E-state index in [1.165, 1.54) is 0 Å². The number of aldehydes is 1. The second-order valence-electron chi connectivity index (χ2n) is 3.76. The molecule has 0 saturated carbocycles. The first-order valence-corrected chi connectivity index (χ1v) is 5.23. The maximum atomic E-state index is 12.2. The molecule has 0 fully saturated rings. The van der Waals surface area contributed by atoms with E-state index in [0.29, 0.717) is 16.7 Å². The van der Waals surface area contributed by atoms with Crippen molar-refractivity contribution in [1.29, 1.82) is 0 Å². The molecule has 1 aromatic heterocycles. The lowest BCUT2D eigenvalue weighted by Gasteiger charge is -2.05. The standard InChI is InChI=1S/C14H11NO2/c1-10-2-3-11(9-16)8-13(10)14(17)12-4-6-15-7-5-12/h2-9H,1H3. The number of carbonyl (C=O) groups is 2. The van der Waals surface area contributed by atoms with Crippen molar-refractivity contribution in [3.63, 3.8) is 0 Å². The van der Waals surface area contributed by atoms with Crippen LogP contribution in [0.5, 0.6) is 0 Å². The van der Waals surface area contributed by atoms with E-state index in [1.54, 1.807) is 42.7 Å². The molecule has 1 heterocycles. The summed E-state index contributed by atoms with van der Waals surface area (Å²) in [5, 5.41) is 0. The lowest BCUT2D eigenvalue weighted by atomic mass is 9.98. The smallest absolute Gasteiger partial charge is 0.193 e. The van der Waals surface area contributed by atoms with Gasteiger partial charge >= 0.3 is 0 Å². The highest BCUT2D eigenvalue weighted by atomic mass is 16.1. The lowest BCUT2D eigenvalue weighted by molar-refractivity contribution is 0.103. The molecule has 0 unspecified atom stereocenters. The number of aromatic nitrogens is 1. The van der Waals surface area contributed by atoms with Gasteiger partial charge < -0.3 is 0 Å². The molecule has 2 rings (SSSR count). The maximum Gasteiger partial charge on any atom is 0.193 e. The maximum absolute atomic E-state index is 12.2. The van der Waals surface area contributed by atoms with Gasteiger partial charge in [0.2, 0.25) is 0 Å². The van der Waals surface area contributed by atoms with E-state index < -0.39 is 0 Å². The SMILES string of the molecule is Cc1ccc(C=O)cc1C(=O)c1ccncc1. The summed E-state index contributed by atoms with van der Waals surface area (Å²) >= 11 is 0. The first-order valence-electron chi connectivity index (χ1n) is 5.23. The molecule has 0 atom stereocenters. The van der Waals surface area contributed by atoms with Crippen LogP contribution in [0.3, 0.4) is 0 Å². The summed E-state index contributed by atoms with van der Waals surface area (Å²) in [4.78, 5) is 26.8. The highest BCUT2D eigenvalue weighted by Gasteiger charge is 2.11. The second kappa shape index (κ2) is 4.70. The highest BCUT2D eigenvalue weighted by molar-refractivity contribution is 6.10. The van der Waals surface area contributed by atoms with Gasteiger partial charge in [0.05, 0.1) is 0 Å². The predicted molar refractivity (Wildman–Crippen MR) is 64.2 cm³/mol. The zero-order chi connectivity index (χ0) is 12.3. The fraction of sp³-hybridized carbons (Fsp3) is 0.0714. The molecule has 3 nitrogen and oxygen atoms in total. The quantitative estimate of drug-likeness (QED) is 0.595. The van der Waals surface area contributed by atoms with Crippen LogP contribution in [0.15, 0.2) is 42.7 Å². The Hall–Kier alpha value is -2.29. The largest absolute Gasteiger partial charge is 0.298 e. The van der Waals surface area contributed by atoms with Gasteiger partial charge in [-0.1, -0.05) is 12.1 Å². The van der Waals surface area contributed by atoms with Crippen molar-refractivity contribution in [2.75, 3.05) is 0 Å². The Morgan fingerprint density at radius 2 is 1.88 bits per heavy atom. The first-order chi connectivity index (χ1) is 8.22. The van der Waals surface area contributed by atoms with Crippen molar-refractivity contribution in [3.05, 3.63) is 65.0 Å². The molecule has 0 amide bonds. The summed E-state index contributed by atoms with van der Waals surface area (Å²) in [6.07, 6.45) is 3.89. The third-order valence-corrected chi connectivity index (χ3v) is 2.58. The topological polar surface area (TPSA) is 47.0 Å². The minimum absolute atomic E-state index is 0.0893. The van der Waals surface area contributed by atoms with E-state index in [9.17, 15) is 9.59 Å². The molecular formula is C14H11NO2. The Morgan fingerprint density at radius 1 is 1.18 bits per heavy atom. The molecule has 0 aliphatic carbocycles.